The predicted octanol–water partition coefficient (Wildman–Crippen LogP) is -0.0165. The van der Waals surface area contributed by atoms with Gasteiger partial charge in [-0.1, -0.05) is 18.2 Å². The molecule has 0 saturated carbocycles. The van der Waals surface area contributed by atoms with E-state index in [0.29, 0.717) is 19.6 Å². The molecule has 1 aromatic rings. The highest BCUT2D eigenvalue weighted by Gasteiger charge is 2.29. The number of nitrogens with zero attached hydrogens (tertiary/aromatic N) is 1. The minimum atomic E-state index is -0.903. The number of para-hydroxylation sites is 1. The van der Waals surface area contributed by atoms with Gasteiger partial charge >= 0.3 is 5.97 Å². The van der Waals surface area contributed by atoms with E-state index in [2.05, 4.69) is 10.6 Å². The van der Waals surface area contributed by atoms with Crippen molar-refractivity contribution in [2.24, 2.45) is 0 Å². The van der Waals surface area contributed by atoms with Crippen LogP contribution in [-0.2, 0) is 9.59 Å². The fraction of sp³-hybridized carbons (Fsp3) is 0.385. The number of carbonyl (C=O) groups excluding carboxylic acids is 1. The Kier molecular flexibility index (Phi) is 4.48. The SMILES string of the molecule is O=C(CN1CCNCC1C(=O)O)Nc1ccccc1. The highest BCUT2D eigenvalue weighted by atomic mass is 16.4. The molecular formula is C13H17N3O3. The summed E-state index contributed by atoms with van der Waals surface area (Å²) in [6.45, 7) is 1.71. The van der Waals surface area contributed by atoms with Crippen LogP contribution >= 0.6 is 0 Å². The number of hydrogen-bond donors (Lipinski definition) is 3. The molecule has 3 N–H and O–H groups in total. The van der Waals surface area contributed by atoms with Crippen LogP contribution < -0.4 is 10.6 Å². The fourth-order valence-corrected chi connectivity index (χ4v) is 2.09. The van der Waals surface area contributed by atoms with Crippen LogP contribution in [0, 0.1) is 0 Å². The number of carboxylic acid groups (broad SMARTS) is 1. The van der Waals surface area contributed by atoms with E-state index in [1.54, 1.807) is 17.0 Å². The monoisotopic (exact) mass is 263 g/mol. The zero-order valence-electron chi connectivity index (χ0n) is 10.5. The van der Waals surface area contributed by atoms with Gasteiger partial charge in [-0.05, 0) is 12.1 Å². The van der Waals surface area contributed by atoms with E-state index < -0.39 is 12.0 Å². The Balaban J connectivity index is 1.92. The van der Waals surface area contributed by atoms with Crippen LogP contribution in [0.15, 0.2) is 30.3 Å². The first kappa shape index (κ1) is 13.5. The van der Waals surface area contributed by atoms with Crippen LogP contribution in [0.25, 0.3) is 0 Å². The smallest absolute Gasteiger partial charge is 0.322 e. The Hall–Kier alpha value is -1.92. The topological polar surface area (TPSA) is 81.7 Å². The molecule has 102 valence electrons. The Morgan fingerprint density at radius 3 is 2.79 bits per heavy atom. The molecule has 1 aliphatic rings. The van der Waals surface area contributed by atoms with Crippen molar-refractivity contribution in [1.29, 1.82) is 0 Å². The van der Waals surface area contributed by atoms with Crippen LogP contribution in [0.4, 0.5) is 5.69 Å². The molecule has 19 heavy (non-hydrogen) atoms. The normalized spacial score (nSPS) is 19.9. The third-order valence-corrected chi connectivity index (χ3v) is 3.04. The van der Waals surface area contributed by atoms with E-state index in [9.17, 15) is 9.59 Å². The van der Waals surface area contributed by atoms with Crippen molar-refractivity contribution in [3.05, 3.63) is 30.3 Å². The number of rotatable bonds is 4. The Morgan fingerprint density at radius 1 is 1.37 bits per heavy atom. The summed E-state index contributed by atoms with van der Waals surface area (Å²) >= 11 is 0. The molecular weight excluding hydrogens is 246 g/mol. The second kappa shape index (κ2) is 6.31. The lowest BCUT2D eigenvalue weighted by molar-refractivity contribution is -0.144. The summed E-state index contributed by atoms with van der Waals surface area (Å²) in [5, 5.41) is 14.9. The molecule has 0 spiro atoms. The molecule has 0 bridgehead atoms. The number of carbonyl (C=O) groups is 2. The fourth-order valence-electron chi connectivity index (χ4n) is 2.09. The van der Waals surface area contributed by atoms with Crippen molar-refractivity contribution in [3.63, 3.8) is 0 Å². The lowest BCUT2D eigenvalue weighted by atomic mass is 10.2. The van der Waals surface area contributed by atoms with Gasteiger partial charge in [-0.25, -0.2) is 0 Å². The summed E-state index contributed by atoms with van der Waals surface area (Å²) in [6.07, 6.45) is 0. The van der Waals surface area contributed by atoms with Crippen molar-refractivity contribution in [2.45, 2.75) is 6.04 Å². The molecule has 0 radical (unpaired) electrons. The first-order valence-electron chi connectivity index (χ1n) is 6.19. The summed E-state index contributed by atoms with van der Waals surface area (Å²) in [4.78, 5) is 24.7. The van der Waals surface area contributed by atoms with Gasteiger partial charge in [0.2, 0.25) is 5.91 Å². The van der Waals surface area contributed by atoms with Crippen LogP contribution in [0.3, 0.4) is 0 Å². The van der Waals surface area contributed by atoms with Gasteiger partial charge < -0.3 is 15.7 Å². The predicted molar refractivity (Wildman–Crippen MR) is 70.9 cm³/mol. The molecule has 1 aliphatic heterocycles. The van der Waals surface area contributed by atoms with E-state index in [1.165, 1.54) is 0 Å². The van der Waals surface area contributed by atoms with Crippen LogP contribution in [0.2, 0.25) is 0 Å². The van der Waals surface area contributed by atoms with Gasteiger partial charge in [0, 0.05) is 25.3 Å². The Bertz CT molecular complexity index is 450. The number of aliphatic carboxylic acids is 1. The number of benzene rings is 1. The van der Waals surface area contributed by atoms with Gasteiger partial charge in [-0.3, -0.25) is 14.5 Å². The highest BCUT2D eigenvalue weighted by Crippen LogP contribution is 2.07. The molecule has 1 aromatic carbocycles. The van der Waals surface area contributed by atoms with E-state index >= 15 is 0 Å². The molecule has 6 nitrogen and oxygen atoms in total. The zero-order chi connectivity index (χ0) is 13.7. The van der Waals surface area contributed by atoms with E-state index in [0.717, 1.165) is 5.69 Å². The average Bonchev–Trinajstić information content (AvgIpc) is 2.40. The van der Waals surface area contributed by atoms with Crippen LogP contribution in [-0.4, -0.2) is 54.1 Å². The summed E-state index contributed by atoms with van der Waals surface area (Å²) in [7, 11) is 0. The van der Waals surface area contributed by atoms with Gasteiger partial charge in [-0.2, -0.15) is 0 Å². The minimum absolute atomic E-state index is 0.0908. The van der Waals surface area contributed by atoms with Crippen molar-refractivity contribution >= 4 is 17.6 Å². The molecule has 1 saturated heterocycles. The standard InChI is InChI=1S/C13H17N3O3/c17-12(15-10-4-2-1-3-5-10)9-16-7-6-14-8-11(16)13(18)19/h1-5,11,14H,6-9H2,(H,15,17)(H,18,19). The first-order valence-corrected chi connectivity index (χ1v) is 6.19. The zero-order valence-corrected chi connectivity index (χ0v) is 10.5. The van der Waals surface area contributed by atoms with Gasteiger partial charge in [0.25, 0.3) is 0 Å². The third kappa shape index (κ3) is 3.77. The molecule has 1 heterocycles. The largest absolute Gasteiger partial charge is 0.480 e. The maximum Gasteiger partial charge on any atom is 0.322 e. The summed E-state index contributed by atoms with van der Waals surface area (Å²) in [5.74, 6) is -1.10. The van der Waals surface area contributed by atoms with Gasteiger partial charge in [0.15, 0.2) is 0 Å². The number of anilines is 1. The number of piperazine rings is 1. The molecule has 2 rings (SSSR count). The van der Waals surface area contributed by atoms with Crippen molar-refractivity contribution in [1.82, 2.24) is 10.2 Å². The quantitative estimate of drug-likeness (QED) is 0.711. The second-order valence-corrected chi connectivity index (χ2v) is 4.44. The molecule has 0 aromatic heterocycles. The van der Waals surface area contributed by atoms with Crippen molar-refractivity contribution < 1.29 is 14.7 Å². The molecule has 1 fully saturated rings. The summed E-state index contributed by atoms with van der Waals surface area (Å²) in [5.41, 5.74) is 0.717. The van der Waals surface area contributed by atoms with Crippen molar-refractivity contribution in [3.8, 4) is 0 Å². The Labute approximate surface area is 111 Å². The summed E-state index contributed by atoms with van der Waals surface area (Å²) < 4.78 is 0. The van der Waals surface area contributed by atoms with E-state index in [-0.39, 0.29) is 12.5 Å². The maximum atomic E-state index is 11.9. The van der Waals surface area contributed by atoms with E-state index in [4.69, 9.17) is 5.11 Å². The number of amides is 1. The van der Waals surface area contributed by atoms with Gasteiger partial charge in [0.05, 0.1) is 6.54 Å². The number of hydrogen-bond acceptors (Lipinski definition) is 4. The van der Waals surface area contributed by atoms with E-state index in [1.807, 2.05) is 18.2 Å². The van der Waals surface area contributed by atoms with Crippen LogP contribution in [0.5, 0.6) is 0 Å². The number of carboxylic acids is 1. The maximum absolute atomic E-state index is 11.9. The number of nitrogens with one attached hydrogen (secondary N) is 2. The lowest BCUT2D eigenvalue weighted by Crippen LogP contribution is -2.56. The first-order chi connectivity index (χ1) is 9.16. The van der Waals surface area contributed by atoms with Gasteiger partial charge in [-0.15, -0.1) is 0 Å². The molecule has 1 atom stereocenters. The Morgan fingerprint density at radius 2 is 2.11 bits per heavy atom. The van der Waals surface area contributed by atoms with Gasteiger partial charge in [0.1, 0.15) is 6.04 Å². The highest BCUT2D eigenvalue weighted by molar-refractivity contribution is 5.92. The van der Waals surface area contributed by atoms with Crippen molar-refractivity contribution in [2.75, 3.05) is 31.5 Å². The second-order valence-electron chi connectivity index (χ2n) is 4.44. The average molecular weight is 263 g/mol. The molecule has 0 aliphatic carbocycles. The third-order valence-electron chi connectivity index (χ3n) is 3.04. The summed E-state index contributed by atoms with van der Waals surface area (Å²) in [6, 6.07) is 8.48. The van der Waals surface area contributed by atoms with Crippen LogP contribution in [0.1, 0.15) is 0 Å². The molecule has 1 unspecified atom stereocenters. The lowest BCUT2D eigenvalue weighted by Gasteiger charge is -2.32. The molecule has 1 amide bonds. The minimum Gasteiger partial charge on any atom is -0.480 e. The molecule has 6 heteroatoms.